The van der Waals surface area contributed by atoms with Gasteiger partial charge in [-0.15, -0.1) is 11.3 Å². The van der Waals surface area contributed by atoms with Crippen LogP contribution in [0.1, 0.15) is 34.4 Å². The molecule has 3 heterocycles. The van der Waals surface area contributed by atoms with Gasteiger partial charge < -0.3 is 19.9 Å². The third-order valence-electron chi connectivity index (χ3n) is 5.47. The molecule has 2 aromatic heterocycles. The lowest BCUT2D eigenvalue weighted by Gasteiger charge is -2.26. The third-order valence-corrected chi connectivity index (χ3v) is 6.73. The zero-order valence-corrected chi connectivity index (χ0v) is 19.0. The number of aryl methyl sites for hydroxylation is 2. The standard InChI is InChI=1S/C23H27N3O2S2/c1-15-9-16(2)20-11-17(22(27)25-21(20)10-15)13-26(14-19-6-4-8-30-19)23(29)24-12-18-5-3-7-28-18/h4,6,8-11,18H,3,5,7,12-14H2,1-2H3,(H,24,29)(H,25,27)/t18-/m1/s1. The van der Waals surface area contributed by atoms with Crippen LogP contribution < -0.4 is 10.9 Å². The smallest absolute Gasteiger partial charge is 0.253 e. The highest BCUT2D eigenvalue weighted by atomic mass is 32.1. The Bertz CT molecular complexity index is 1090. The Morgan fingerprint density at radius 1 is 1.33 bits per heavy atom. The van der Waals surface area contributed by atoms with Gasteiger partial charge in [0.1, 0.15) is 0 Å². The number of pyridine rings is 1. The second kappa shape index (κ2) is 9.29. The number of thiophene rings is 1. The lowest BCUT2D eigenvalue weighted by Crippen LogP contribution is -2.42. The average molecular weight is 442 g/mol. The molecule has 0 spiro atoms. The molecule has 5 nitrogen and oxygen atoms in total. The summed E-state index contributed by atoms with van der Waals surface area (Å²) in [5.41, 5.74) is 3.83. The van der Waals surface area contributed by atoms with Crippen molar-refractivity contribution in [2.75, 3.05) is 13.2 Å². The molecule has 2 N–H and O–H groups in total. The van der Waals surface area contributed by atoms with E-state index in [1.165, 1.54) is 4.88 Å². The summed E-state index contributed by atoms with van der Waals surface area (Å²) in [7, 11) is 0. The van der Waals surface area contributed by atoms with Gasteiger partial charge in [-0.1, -0.05) is 12.1 Å². The van der Waals surface area contributed by atoms with E-state index in [-0.39, 0.29) is 11.7 Å². The van der Waals surface area contributed by atoms with Crippen molar-refractivity contribution in [1.82, 2.24) is 15.2 Å². The van der Waals surface area contributed by atoms with Crippen molar-refractivity contribution in [3.63, 3.8) is 0 Å². The summed E-state index contributed by atoms with van der Waals surface area (Å²) >= 11 is 7.41. The number of hydrogen-bond acceptors (Lipinski definition) is 4. The summed E-state index contributed by atoms with van der Waals surface area (Å²) in [6, 6.07) is 10.3. The van der Waals surface area contributed by atoms with Crippen molar-refractivity contribution in [2.24, 2.45) is 0 Å². The largest absolute Gasteiger partial charge is 0.376 e. The highest BCUT2D eigenvalue weighted by molar-refractivity contribution is 7.80. The van der Waals surface area contributed by atoms with Crippen molar-refractivity contribution in [2.45, 2.75) is 45.9 Å². The number of hydrogen-bond donors (Lipinski definition) is 2. The van der Waals surface area contributed by atoms with E-state index in [0.717, 1.165) is 41.5 Å². The minimum absolute atomic E-state index is 0.0643. The predicted molar refractivity (Wildman–Crippen MR) is 127 cm³/mol. The maximum absolute atomic E-state index is 12.8. The molecule has 158 valence electrons. The topological polar surface area (TPSA) is 57.4 Å². The quantitative estimate of drug-likeness (QED) is 0.560. The van der Waals surface area contributed by atoms with Crippen LogP contribution in [0.5, 0.6) is 0 Å². The monoisotopic (exact) mass is 441 g/mol. The Hall–Kier alpha value is -2.22. The molecule has 1 aromatic carbocycles. The first-order chi connectivity index (χ1) is 14.5. The van der Waals surface area contributed by atoms with Crippen molar-refractivity contribution in [3.8, 4) is 0 Å². The highest BCUT2D eigenvalue weighted by Crippen LogP contribution is 2.20. The minimum atomic E-state index is -0.0643. The number of nitrogens with one attached hydrogen (secondary N) is 2. The van der Waals surface area contributed by atoms with Crippen LogP contribution >= 0.6 is 23.6 Å². The molecular formula is C23H27N3O2S2. The van der Waals surface area contributed by atoms with Gasteiger partial charge in [0.25, 0.3) is 5.56 Å². The first kappa shape index (κ1) is 21.0. The van der Waals surface area contributed by atoms with E-state index < -0.39 is 0 Å². The Morgan fingerprint density at radius 3 is 2.93 bits per heavy atom. The second-order valence-corrected chi connectivity index (χ2v) is 9.34. The van der Waals surface area contributed by atoms with Crippen molar-refractivity contribution in [3.05, 3.63) is 67.6 Å². The second-order valence-electron chi connectivity index (χ2n) is 7.92. The number of H-pyrrole nitrogens is 1. The van der Waals surface area contributed by atoms with Crippen LogP contribution in [0, 0.1) is 13.8 Å². The summed E-state index contributed by atoms with van der Waals surface area (Å²) in [6.45, 7) is 6.76. The van der Waals surface area contributed by atoms with E-state index in [0.29, 0.717) is 30.3 Å². The molecule has 1 aliphatic heterocycles. The first-order valence-electron chi connectivity index (χ1n) is 10.3. The van der Waals surface area contributed by atoms with Gasteiger partial charge in [-0.3, -0.25) is 4.79 Å². The van der Waals surface area contributed by atoms with E-state index >= 15 is 0 Å². The van der Waals surface area contributed by atoms with Gasteiger partial charge in [-0.2, -0.15) is 0 Å². The predicted octanol–water partition coefficient (Wildman–Crippen LogP) is 4.26. The molecule has 7 heteroatoms. The van der Waals surface area contributed by atoms with Crippen LogP contribution in [-0.4, -0.2) is 34.3 Å². The van der Waals surface area contributed by atoms with Gasteiger partial charge in [0.05, 0.1) is 19.2 Å². The van der Waals surface area contributed by atoms with Gasteiger partial charge in [0, 0.05) is 34.5 Å². The van der Waals surface area contributed by atoms with E-state index in [1.807, 2.05) is 25.1 Å². The van der Waals surface area contributed by atoms with Crippen molar-refractivity contribution >= 4 is 39.6 Å². The van der Waals surface area contributed by atoms with E-state index in [4.69, 9.17) is 17.0 Å². The highest BCUT2D eigenvalue weighted by Gasteiger charge is 2.19. The van der Waals surface area contributed by atoms with Gasteiger partial charge in [0.15, 0.2) is 5.11 Å². The molecule has 0 amide bonds. The number of thiocarbonyl (C=S) groups is 1. The van der Waals surface area contributed by atoms with E-state index in [1.54, 1.807) is 11.3 Å². The lowest BCUT2D eigenvalue weighted by atomic mass is 10.0. The number of nitrogens with zero attached hydrogens (tertiary/aromatic N) is 1. The molecule has 3 aromatic rings. The molecule has 0 bridgehead atoms. The molecular weight excluding hydrogens is 414 g/mol. The Morgan fingerprint density at radius 2 is 2.20 bits per heavy atom. The fraction of sp³-hybridized carbons (Fsp3) is 0.391. The third kappa shape index (κ3) is 4.91. The molecule has 0 saturated carbocycles. The Balaban J connectivity index is 1.58. The van der Waals surface area contributed by atoms with E-state index in [2.05, 4.69) is 39.6 Å². The van der Waals surface area contributed by atoms with Gasteiger partial charge in [0.2, 0.25) is 0 Å². The van der Waals surface area contributed by atoms with E-state index in [9.17, 15) is 4.79 Å². The number of ether oxygens (including phenoxy) is 1. The van der Waals surface area contributed by atoms with Crippen molar-refractivity contribution < 1.29 is 4.74 Å². The van der Waals surface area contributed by atoms with Gasteiger partial charge in [-0.05, 0) is 73.6 Å². The molecule has 0 aliphatic carbocycles. The molecule has 1 fully saturated rings. The number of rotatable bonds is 6. The Kier molecular flexibility index (Phi) is 6.51. The average Bonchev–Trinajstić information content (AvgIpc) is 3.40. The fourth-order valence-corrected chi connectivity index (χ4v) is 4.88. The molecule has 0 unspecified atom stereocenters. The van der Waals surface area contributed by atoms with Crippen LogP contribution in [0.3, 0.4) is 0 Å². The van der Waals surface area contributed by atoms with Gasteiger partial charge >= 0.3 is 0 Å². The number of aromatic nitrogens is 1. The maximum Gasteiger partial charge on any atom is 0.253 e. The van der Waals surface area contributed by atoms with Crippen LogP contribution in [-0.2, 0) is 17.8 Å². The molecule has 1 aliphatic rings. The zero-order chi connectivity index (χ0) is 21.1. The van der Waals surface area contributed by atoms with Crippen LogP contribution in [0.25, 0.3) is 10.9 Å². The fourth-order valence-electron chi connectivity index (χ4n) is 3.95. The van der Waals surface area contributed by atoms with Gasteiger partial charge in [-0.25, -0.2) is 0 Å². The molecule has 4 rings (SSSR count). The van der Waals surface area contributed by atoms with Crippen LogP contribution in [0.4, 0.5) is 0 Å². The number of fused-ring (bicyclic) bond motifs is 1. The van der Waals surface area contributed by atoms with Crippen molar-refractivity contribution in [1.29, 1.82) is 0 Å². The summed E-state index contributed by atoms with van der Waals surface area (Å²) in [5, 5.41) is 7.14. The SMILES string of the molecule is Cc1cc(C)c2cc(CN(Cc3cccs3)C(=S)NC[C@H]3CCCO3)c(=O)[nH]c2c1. The summed E-state index contributed by atoms with van der Waals surface area (Å²) in [6.07, 6.45) is 2.37. The summed E-state index contributed by atoms with van der Waals surface area (Å²) in [4.78, 5) is 19.2. The molecule has 1 saturated heterocycles. The lowest BCUT2D eigenvalue weighted by molar-refractivity contribution is 0.113. The number of aromatic amines is 1. The minimum Gasteiger partial charge on any atom is -0.376 e. The first-order valence-corrected chi connectivity index (χ1v) is 11.6. The molecule has 0 radical (unpaired) electrons. The zero-order valence-electron chi connectivity index (χ0n) is 17.4. The number of benzene rings is 1. The normalized spacial score (nSPS) is 16.1. The summed E-state index contributed by atoms with van der Waals surface area (Å²) in [5.74, 6) is 0. The summed E-state index contributed by atoms with van der Waals surface area (Å²) < 4.78 is 5.70. The maximum atomic E-state index is 12.8. The Labute approximate surface area is 186 Å². The molecule has 30 heavy (non-hydrogen) atoms. The molecule has 1 atom stereocenters. The van der Waals surface area contributed by atoms with Crippen LogP contribution in [0.2, 0.25) is 0 Å². The van der Waals surface area contributed by atoms with Crippen LogP contribution in [0.15, 0.2) is 40.5 Å².